The molecule has 0 spiro atoms. The van der Waals surface area contributed by atoms with Gasteiger partial charge in [0.2, 0.25) is 0 Å². The maximum atomic E-state index is 12.0. The van der Waals surface area contributed by atoms with E-state index in [0.29, 0.717) is 0 Å². The SMILES string of the molecule is Cc1nn(C)c(C)c1CC(=O)OCc1nc2ccccc2s1. The van der Waals surface area contributed by atoms with Crippen LogP contribution in [0.1, 0.15) is 22.0 Å². The van der Waals surface area contributed by atoms with E-state index >= 15 is 0 Å². The van der Waals surface area contributed by atoms with Crippen molar-refractivity contribution in [2.24, 2.45) is 7.05 Å². The van der Waals surface area contributed by atoms with E-state index in [-0.39, 0.29) is 19.0 Å². The lowest BCUT2D eigenvalue weighted by Gasteiger charge is -2.03. The van der Waals surface area contributed by atoms with E-state index in [1.165, 1.54) is 0 Å². The summed E-state index contributed by atoms with van der Waals surface area (Å²) in [7, 11) is 1.87. The number of hydrogen-bond donors (Lipinski definition) is 0. The van der Waals surface area contributed by atoms with E-state index in [1.807, 2.05) is 45.2 Å². The molecule has 0 aliphatic rings. The molecular formula is C16H17N3O2S. The summed E-state index contributed by atoms with van der Waals surface area (Å²) in [5.41, 5.74) is 3.75. The van der Waals surface area contributed by atoms with Crippen LogP contribution < -0.4 is 0 Å². The summed E-state index contributed by atoms with van der Waals surface area (Å²) >= 11 is 1.55. The fourth-order valence-electron chi connectivity index (χ4n) is 2.39. The highest BCUT2D eigenvalue weighted by molar-refractivity contribution is 7.18. The number of aromatic nitrogens is 3. The van der Waals surface area contributed by atoms with Crippen molar-refractivity contribution in [2.75, 3.05) is 0 Å². The monoisotopic (exact) mass is 315 g/mol. The van der Waals surface area contributed by atoms with Crippen molar-refractivity contribution in [1.29, 1.82) is 0 Å². The van der Waals surface area contributed by atoms with Crippen LogP contribution in [0, 0.1) is 13.8 Å². The maximum Gasteiger partial charge on any atom is 0.310 e. The summed E-state index contributed by atoms with van der Waals surface area (Å²) in [4.78, 5) is 16.5. The first kappa shape index (κ1) is 14.7. The van der Waals surface area contributed by atoms with Crippen LogP contribution in [0.15, 0.2) is 24.3 Å². The van der Waals surface area contributed by atoms with Gasteiger partial charge in [-0.25, -0.2) is 4.98 Å². The average Bonchev–Trinajstić information content (AvgIpc) is 3.01. The van der Waals surface area contributed by atoms with Crippen LogP contribution in [-0.2, 0) is 29.6 Å². The van der Waals surface area contributed by atoms with Gasteiger partial charge in [-0.2, -0.15) is 5.10 Å². The van der Waals surface area contributed by atoms with Crippen LogP contribution in [0.5, 0.6) is 0 Å². The molecule has 114 valence electrons. The van der Waals surface area contributed by atoms with Crippen molar-refractivity contribution in [2.45, 2.75) is 26.9 Å². The van der Waals surface area contributed by atoms with Crippen molar-refractivity contribution in [3.8, 4) is 0 Å². The fourth-order valence-corrected chi connectivity index (χ4v) is 3.27. The van der Waals surface area contributed by atoms with Gasteiger partial charge < -0.3 is 4.74 Å². The number of esters is 1. The molecule has 6 heteroatoms. The van der Waals surface area contributed by atoms with Gasteiger partial charge in [0.1, 0.15) is 11.6 Å². The Morgan fingerprint density at radius 3 is 2.77 bits per heavy atom. The Hall–Kier alpha value is -2.21. The van der Waals surface area contributed by atoms with Gasteiger partial charge in [0.25, 0.3) is 0 Å². The molecule has 22 heavy (non-hydrogen) atoms. The minimum Gasteiger partial charge on any atom is -0.458 e. The molecule has 0 N–H and O–H groups in total. The minimum absolute atomic E-state index is 0.219. The molecule has 0 fully saturated rings. The van der Waals surface area contributed by atoms with E-state index in [9.17, 15) is 4.79 Å². The number of carbonyl (C=O) groups is 1. The highest BCUT2D eigenvalue weighted by Crippen LogP contribution is 2.22. The Morgan fingerprint density at radius 2 is 2.09 bits per heavy atom. The number of thiazole rings is 1. The lowest BCUT2D eigenvalue weighted by Crippen LogP contribution is -2.09. The molecule has 2 aromatic heterocycles. The third-order valence-corrected chi connectivity index (χ3v) is 4.68. The van der Waals surface area contributed by atoms with Crippen molar-refractivity contribution < 1.29 is 9.53 Å². The van der Waals surface area contributed by atoms with Crippen LogP contribution in [0.25, 0.3) is 10.2 Å². The normalized spacial score (nSPS) is 11.0. The Morgan fingerprint density at radius 1 is 1.32 bits per heavy atom. The zero-order valence-electron chi connectivity index (χ0n) is 12.8. The number of aryl methyl sites for hydroxylation is 2. The van der Waals surface area contributed by atoms with Crippen LogP contribution in [0.2, 0.25) is 0 Å². The number of para-hydroxylation sites is 1. The lowest BCUT2D eigenvalue weighted by atomic mass is 10.1. The van der Waals surface area contributed by atoms with Gasteiger partial charge in [-0.15, -0.1) is 11.3 Å². The lowest BCUT2D eigenvalue weighted by molar-refractivity contribution is -0.144. The number of fused-ring (bicyclic) bond motifs is 1. The summed E-state index contributed by atoms with van der Waals surface area (Å²) in [6.45, 7) is 4.08. The summed E-state index contributed by atoms with van der Waals surface area (Å²) in [6.07, 6.45) is 0.246. The Kier molecular flexibility index (Phi) is 3.94. The van der Waals surface area contributed by atoms with Crippen molar-refractivity contribution in [1.82, 2.24) is 14.8 Å². The van der Waals surface area contributed by atoms with E-state index in [2.05, 4.69) is 10.1 Å². The molecule has 0 aliphatic heterocycles. The summed E-state index contributed by atoms with van der Waals surface area (Å²) in [6, 6.07) is 7.90. The largest absolute Gasteiger partial charge is 0.458 e. The number of ether oxygens (including phenoxy) is 1. The minimum atomic E-state index is -0.251. The molecule has 0 bridgehead atoms. The summed E-state index contributed by atoms with van der Waals surface area (Å²) < 4.78 is 8.24. The van der Waals surface area contributed by atoms with Gasteiger partial charge in [-0.05, 0) is 26.0 Å². The smallest absolute Gasteiger partial charge is 0.310 e. The standard InChI is InChI=1S/C16H17N3O2S/c1-10-12(11(2)19(3)18-10)8-16(20)21-9-15-17-13-6-4-5-7-14(13)22-15/h4-7H,8-9H2,1-3H3. The first-order chi connectivity index (χ1) is 10.5. The van der Waals surface area contributed by atoms with Gasteiger partial charge in [0, 0.05) is 18.3 Å². The maximum absolute atomic E-state index is 12.0. The number of rotatable bonds is 4. The Labute approximate surface area is 132 Å². The van der Waals surface area contributed by atoms with E-state index < -0.39 is 0 Å². The van der Waals surface area contributed by atoms with E-state index in [0.717, 1.165) is 32.2 Å². The van der Waals surface area contributed by atoms with Crippen molar-refractivity contribution in [3.05, 3.63) is 46.2 Å². The molecule has 0 aliphatic carbocycles. The van der Waals surface area contributed by atoms with Gasteiger partial charge in [-0.1, -0.05) is 12.1 Å². The molecule has 2 heterocycles. The van der Waals surface area contributed by atoms with Gasteiger partial charge >= 0.3 is 5.97 Å². The molecule has 0 unspecified atom stereocenters. The molecule has 0 atom stereocenters. The first-order valence-electron chi connectivity index (χ1n) is 7.03. The van der Waals surface area contributed by atoms with Crippen molar-refractivity contribution in [3.63, 3.8) is 0 Å². The van der Waals surface area contributed by atoms with Crippen LogP contribution in [-0.4, -0.2) is 20.7 Å². The number of nitrogens with zero attached hydrogens (tertiary/aromatic N) is 3. The highest BCUT2D eigenvalue weighted by atomic mass is 32.1. The Bertz CT molecular complexity index is 802. The van der Waals surface area contributed by atoms with E-state index in [4.69, 9.17) is 4.74 Å². The number of hydrogen-bond acceptors (Lipinski definition) is 5. The molecule has 1 aromatic carbocycles. The highest BCUT2D eigenvalue weighted by Gasteiger charge is 2.15. The van der Waals surface area contributed by atoms with Gasteiger partial charge in [0.15, 0.2) is 0 Å². The summed E-state index contributed by atoms with van der Waals surface area (Å²) in [5.74, 6) is -0.251. The number of carbonyl (C=O) groups excluding carboxylic acids is 1. The van der Waals surface area contributed by atoms with Crippen LogP contribution in [0.3, 0.4) is 0 Å². The third-order valence-electron chi connectivity index (χ3n) is 3.67. The predicted molar refractivity (Wildman–Crippen MR) is 85.8 cm³/mol. The molecule has 0 saturated carbocycles. The topological polar surface area (TPSA) is 57.0 Å². The van der Waals surface area contributed by atoms with E-state index in [1.54, 1.807) is 16.0 Å². The average molecular weight is 315 g/mol. The molecular weight excluding hydrogens is 298 g/mol. The van der Waals surface area contributed by atoms with Crippen LogP contribution in [0.4, 0.5) is 0 Å². The number of benzene rings is 1. The molecule has 0 amide bonds. The Balaban J connectivity index is 1.64. The summed E-state index contributed by atoms with van der Waals surface area (Å²) in [5, 5.41) is 5.12. The van der Waals surface area contributed by atoms with Crippen molar-refractivity contribution >= 4 is 27.5 Å². The third kappa shape index (κ3) is 2.87. The second-order valence-electron chi connectivity index (χ2n) is 5.19. The van der Waals surface area contributed by atoms with Crippen LogP contribution >= 0.6 is 11.3 Å². The molecule has 3 aromatic rings. The quantitative estimate of drug-likeness (QED) is 0.695. The first-order valence-corrected chi connectivity index (χ1v) is 7.85. The molecule has 0 saturated heterocycles. The zero-order valence-corrected chi connectivity index (χ0v) is 13.6. The second kappa shape index (κ2) is 5.88. The molecule has 0 radical (unpaired) electrons. The molecule has 5 nitrogen and oxygen atoms in total. The van der Waals surface area contributed by atoms with Gasteiger partial charge in [0.05, 0.1) is 22.3 Å². The van der Waals surface area contributed by atoms with Gasteiger partial charge in [-0.3, -0.25) is 9.48 Å². The fraction of sp³-hybridized carbons (Fsp3) is 0.312. The molecule has 3 rings (SSSR count). The zero-order chi connectivity index (χ0) is 15.7. The predicted octanol–water partition coefficient (Wildman–Crippen LogP) is 2.93. The second-order valence-corrected chi connectivity index (χ2v) is 6.30.